The SMILES string of the molecule is CCCCNCc1ccc(OCC(=O)NC2CCCCC2)c(OC)c1.Cl. The highest BCUT2D eigenvalue weighted by molar-refractivity contribution is 5.85. The molecule has 2 rings (SSSR count). The summed E-state index contributed by atoms with van der Waals surface area (Å²) in [6, 6.07) is 6.16. The van der Waals surface area contributed by atoms with Crippen molar-refractivity contribution < 1.29 is 14.3 Å². The van der Waals surface area contributed by atoms with E-state index >= 15 is 0 Å². The Bertz CT molecular complexity index is 534. The van der Waals surface area contributed by atoms with Crippen molar-refractivity contribution in [3.63, 3.8) is 0 Å². The van der Waals surface area contributed by atoms with Gasteiger partial charge in [-0.1, -0.05) is 38.7 Å². The molecule has 1 aliphatic rings. The van der Waals surface area contributed by atoms with E-state index in [4.69, 9.17) is 9.47 Å². The van der Waals surface area contributed by atoms with Gasteiger partial charge in [-0.25, -0.2) is 0 Å². The number of halogens is 1. The lowest BCUT2D eigenvalue weighted by Crippen LogP contribution is -2.39. The second-order valence-corrected chi connectivity index (χ2v) is 6.71. The minimum absolute atomic E-state index is 0. The van der Waals surface area contributed by atoms with Crippen LogP contribution in [0.1, 0.15) is 57.4 Å². The number of amides is 1. The van der Waals surface area contributed by atoms with Crippen LogP contribution in [0.3, 0.4) is 0 Å². The number of methoxy groups -OCH3 is 1. The van der Waals surface area contributed by atoms with Crippen LogP contribution < -0.4 is 20.1 Å². The second-order valence-electron chi connectivity index (χ2n) is 6.71. The first-order valence-corrected chi connectivity index (χ1v) is 9.52. The Labute approximate surface area is 163 Å². The summed E-state index contributed by atoms with van der Waals surface area (Å²) in [4.78, 5) is 12.1. The Morgan fingerprint density at radius 1 is 1.19 bits per heavy atom. The maximum atomic E-state index is 12.1. The molecule has 1 aliphatic carbocycles. The van der Waals surface area contributed by atoms with Crippen LogP contribution in [-0.2, 0) is 11.3 Å². The lowest BCUT2D eigenvalue weighted by Gasteiger charge is -2.22. The van der Waals surface area contributed by atoms with Crippen molar-refractivity contribution in [2.75, 3.05) is 20.3 Å². The molecular weight excluding hydrogens is 352 g/mol. The molecular formula is C20H33ClN2O3. The number of carbonyl (C=O) groups is 1. The molecule has 0 saturated heterocycles. The minimum Gasteiger partial charge on any atom is -0.493 e. The van der Waals surface area contributed by atoms with Crippen molar-refractivity contribution in [1.82, 2.24) is 10.6 Å². The van der Waals surface area contributed by atoms with E-state index in [-0.39, 0.29) is 24.9 Å². The molecule has 0 heterocycles. The third-order valence-corrected chi connectivity index (χ3v) is 4.59. The van der Waals surface area contributed by atoms with Gasteiger partial charge in [-0.15, -0.1) is 12.4 Å². The van der Waals surface area contributed by atoms with Crippen LogP contribution in [0.15, 0.2) is 18.2 Å². The highest BCUT2D eigenvalue weighted by Gasteiger charge is 2.16. The molecule has 6 heteroatoms. The van der Waals surface area contributed by atoms with Gasteiger partial charge >= 0.3 is 0 Å². The van der Waals surface area contributed by atoms with Gasteiger partial charge in [0, 0.05) is 12.6 Å². The Balaban J connectivity index is 0.00000338. The van der Waals surface area contributed by atoms with Crippen LogP contribution in [0.2, 0.25) is 0 Å². The molecule has 0 radical (unpaired) electrons. The Morgan fingerprint density at radius 3 is 2.65 bits per heavy atom. The lowest BCUT2D eigenvalue weighted by atomic mass is 9.95. The summed E-state index contributed by atoms with van der Waals surface area (Å²) in [6.07, 6.45) is 8.20. The number of carbonyl (C=O) groups excluding carboxylic acids is 1. The fourth-order valence-electron chi connectivity index (χ4n) is 3.14. The van der Waals surface area contributed by atoms with Crippen LogP contribution in [0.4, 0.5) is 0 Å². The van der Waals surface area contributed by atoms with E-state index in [0.717, 1.165) is 31.5 Å². The summed E-state index contributed by atoms with van der Waals surface area (Å²) >= 11 is 0. The van der Waals surface area contributed by atoms with E-state index in [1.54, 1.807) is 7.11 Å². The van der Waals surface area contributed by atoms with Gasteiger partial charge in [-0.2, -0.15) is 0 Å². The van der Waals surface area contributed by atoms with E-state index in [9.17, 15) is 4.79 Å². The summed E-state index contributed by atoms with van der Waals surface area (Å²) in [7, 11) is 1.62. The maximum Gasteiger partial charge on any atom is 0.258 e. The zero-order valence-electron chi connectivity index (χ0n) is 16.0. The van der Waals surface area contributed by atoms with Gasteiger partial charge in [-0.3, -0.25) is 4.79 Å². The topological polar surface area (TPSA) is 59.6 Å². The van der Waals surface area contributed by atoms with Crippen LogP contribution in [-0.4, -0.2) is 32.2 Å². The van der Waals surface area contributed by atoms with Crippen molar-refractivity contribution in [2.24, 2.45) is 0 Å². The summed E-state index contributed by atoms with van der Waals surface area (Å²) < 4.78 is 11.1. The normalized spacial score (nSPS) is 14.4. The van der Waals surface area contributed by atoms with E-state index < -0.39 is 0 Å². The van der Waals surface area contributed by atoms with Crippen molar-refractivity contribution in [3.8, 4) is 11.5 Å². The summed E-state index contributed by atoms with van der Waals surface area (Å²) in [5.74, 6) is 1.22. The largest absolute Gasteiger partial charge is 0.493 e. The third kappa shape index (κ3) is 7.83. The number of hydrogen-bond acceptors (Lipinski definition) is 4. The van der Waals surface area contributed by atoms with Gasteiger partial charge in [0.2, 0.25) is 0 Å². The number of ether oxygens (including phenoxy) is 2. The van der Waals surface area contributed by atoms with Gasteiger partial charge in [0.05, 0.1) is 7.11 Å². The number of hydrogen-bond donors (Lipinski definition) is 2. The van der Waals surface area contributed by atoms with Gasteiger partial charge in [0.1, 0.15) is 0 Å². The van der Waals surface area contributed by atoms with Crippen LogP contribution in [0.25, 0.3) is 0 Å². The van der Waals surface area contributed by atoms with Crippen molar-refractivity contribution >= 4 is 18.3 Å². The Hall–Kier alpha value is -1.46. The molecule has 1 saturated carbocycles. The molecule has 148 valence electrons. The first-order chi connectivity index (χ1) is 12.2. The quantitative estimate of drug-likeness (QED) is 0.602. The molecule has 26 heavy (non-hydrogen) atoms. The standard InChI is InChI=1S/C20H32N2O3.ClH/c1-3-4-12-21-14-16-10-11-18(19(13-16)24-2)25-15-20(23)22-17-8-6-5-7-9-17;/h10-11,13,17,21H,3-9,12,14-15H2,1-2H3,(H,22,23);1H. The summed E-state index contributed by atoms with van der Waals surface area (Å²) in [5, 5.41) is 6.47. The predicted octanol–water partition coefficient (Wildman–Crippen LogP) is 3.83. The third-order valence-electron chi connectivity index (χ3n) is 4.59. The molecule has 0 bridgehead atoms. The lowest BCUT2D eigenvalue weighted by molar-refractivity contribution is -0.124. The average Bonchev–Trinajstić information content (AvgIpc) is 2.64. The van der Waals surface area contributed by atoms with Crippen molar-refractivity contribution in [1.29, 1.82) is 0 Å². The predicted molar refractivity (Wildman–Crippen MR) is 107 cm³/mol. The number of rotatable bonds is 10. The number of nitrogens with one attached hydrogen (secondary N) is 2. The second kappa shape index (κ2) is 12.8. The molecule has 5 nitrogen and oxygen atoms in total. The molecule has 0 aromatic heterocycles. The van der Waals surface area contributed by atoms with Crippen LogP contribution in [0, 0.1) is 0 Å². The molecule has 0 atom stereocenters. The molecule has 0 aliphatic heterocycles. The van der Waals surface area contributed by atoms with Crippen LogP contribution in [0.5, 0.6) is 11.5 Å². The highest BCUT2D eigenvalue weighted by Crippen LogP contribution is 2.28. The zero-order chi connectivity index (χ0) is 17.9. The van der Waals surface area contributed by atoms with E-state index in [1.807, 2.05) is 18.2 Å². The van der Waals surface area contributed by atoms with Crippen molar-refractivity contribution in [3.05, 3.63) is 23.8 Å². The molecule has 0 spiro atoms. The fraction of sp³-hybridized carbons (Fsp3) is 0.650. The summed E-state index contributed by atoms with van der Waals surface area (Å²) in [5.41, 5.74) is 1.15. The first-order valence-electron chi connectivity index (χ1n) is 9.52. The molecule has 0 unspecified atom stereocenters. The minimum atomic E-state index is -0.0562. The van der Waals surface area contributed by atoms with Gasteiger partial charge in [0.25, 0.3) is 5.91 Å². The Kier molecular flexibility index (Phi) is 11.1. The maximum absolute atomic E-state index is 12.1. The zero-order valence-corrected chi connectivity index (χ0v) is 16.8. The highest BCUT2D eigenvalue weighted by atomic mass is 35.5. The first kappa shape index (κ1) is 22.6. The molecule has 1 aromatic rings. The van der Waals surface area contributed by atoms with Crippen molar-refractivity contribution in [2.45, 2.75) is 64.5 Å². The summed E-state index contributed by atoms with van der Waals surface area (Å²) in [6.45, 7) is 4.03. The van der Waals surface area contributed by atoms with E-state index in [0.29, 0.717) is 17.5 Å². The molecule has 1 amide bonds. The average molecular weight is 385 g/mol. The molecule has 2 N–H and O–H groups in total. The van der Waals surface area contributed by atoms with Gasteiger partial charge in [0.15, 0.2) is 18.1 Å². The molecule has 1 fully saturated rings. The van der Waals surface area contributed by atoms with Gasteiger partial charge < -0.3 is 20.1 Å². The number of benzene rings is 1. The van der Waals surface area contributed by atoms with E-state index in [2.05, 4.69) is 17.6 Å². The molecule has 1 aromatic carbocycles. The Morgan fingerprint density at radius 2 is 1.96 bits per heavy atom. The smallest absolute Gasteiger partial charge is 0.258 e. The van der Waals surface area contributed by atoms with Crippen LogP contribution >= 0.6 is 12.4 Å². The fourth-order valence-corrected chi connectivity index (χ4v) is 3.14. The monoisotopic (exact) mass is 384 g/mol. The van der Waals surface area contributed by atoms with E-state index in [1.165, 1.54) is 32.1 Å². The van der Waals surface area contributed by atoms with Gasteiger partial charge in [-0.05, 0) is 43.5 Å². The number of unbranched alkanes of at least 4 members (excludes halogenated alkanes) is 1.